The maximum absolute atomic E-state index is 6.19. The monoisotopic (exact) mass is 268 g/mol. The topological polar surface area (TPSA) is 34.1 Å². The second kappa shape index (κ2) is 5.89. The van der Waals surface area contributed by atoms with Crippen LogP contribution in [-0.2, 0) is 6.54 Å². The Hall–Kier alpha value is -0.800. The first-order valence-corrected chi connectivity index (χ1v) is 6.98. The molecule has 1 aliphatic rings. The molecular formula is C14H21ClN2O. The molecule has 0 aromatic carbocycles. The molecule has 0 saturated heterocycles. The predicted octanol–water partition coefficient (Wildman–Crippen LogP) is 3.41. The number of aromatic nitrogens is 1. The van der Waals surface area contributed by atoms with Crippen LogP contribution in [0.15, 0.2) is 12.3 Å². The van der Waals surface area contributed by atoms with Crippen molar-refractivity contribution < 1.29 is 4.74 Å². The number of hydrogen-bond donors (Lipinski definition) is 1. The number of ether oxygens (including phenoxy) is 1. The molecule has 100 valence electrons. The molecule has 0 radical (unpaired) electrons. The van der Waals surface area contributed by atoms with Gasteiger partial charge in [-0.25, -0.2) is 4.98 Å². The highest BCUT2D eigenvalue weighted by molar-refractivity contribution is 6.31. The van der Waals surface area contributed by atoms with Gasteiger partial charge in [0.1, 0.15) is 5.02 Å². The highest BCUT2D eigenvalue weighted by Crippen LogP contribution is 2.25. The van der Waals surface area contributed by atoms with Gasteiger partial charge in [0.2, 0.25) is 5.88 Å². The Labute approximate surface area is 114 Å². The minimum atomic E-state index is 0.116. The number of rotatable bonds is 6. The molecule has 1 aromatic rings. The first-order valence-electron chi connectivity index (χ1n) is 6.60. The molecule has 0 amide bonds. The van der Waals surface area contributed by atoms with E-state index < -0.39 is 0 Å². The van der Waals surface area contributed by atoms with Gasteiger partial charge in [-0.1, -0.05) is 25.4 Å². The molecule has 4 heteroatoms. The number of nitrogens with one attached hydrogen (secondary N) is 1. The first kappa shape index (κ1) is 13.6. The van der Waals surface area contributed by atoms with E-state index in [1.165, 1.54) is 12.8 Å². The fraction of sp³-hybridized carbons (Fsp3) is 0.643. The van der Waals surface area contributed by atoms with Crippen LogP contribution in [-0.4, -0.2) is 17.1 Å². The van der Waals surface area contributed by atoms with E-state index in [9.17, 15) is 0 Å². The van der Waals surface area contributed by atoms with Crippen LogP contribution in [0.3, 0.4) is 0 Å². The van der Waals surface area contributed by atoms with E-state index in [0.29, 0.717) is 22.9 Å². The fourth-order valence-electron chi connectivity index (χ4n) is 1.51. The lowest BCUT2D eigenvalue weighted by Gasteiger charge is -2.18. The van der Waals surface area contributed by atoms with Gasteiger partial charge in [-0.3, -0.25) is 0 Å². The summed E-state index contributed by atoms with van der Waals surface area (Å²) in [6, 6.07) is 2.63. The molecule has 1 atom stereocenters. The van der Waals surface area contributed by atoms with Crippen molar-refractivity contribution in [1.29, 1.82) is 0 Å². The van der Waals surface area contributed by atoms with Gasteiger partial charge < -0.3 is 10.1 Å². The van der Waals surface area contributed by atoms with Crippen LogP contribution in [0.1, 0.15) is 39.2 Å². The normalized spacial score (nSPS) is 16.9. The maximum Gasteiger partial charge on any atom is 0.232 e. The van der Waals surface area contributed by atoms with Crippen molar-refractivity contribution in [3.63, 3.8) is 0 Å². The third-order valence-electron chi connectivity index (χ3n) is 3.27. The Morgan fingerprint density at radius 1 is 1.44 bits per heavy atom. The van der Waals surface area contributed by atoms with Gasteiger partial charge in [0.15, 0.2) is 0 Å². The minimum Gasteiger partial charge on any atom is -0.473 e. The van der Waals surface area contributed by atoms with Crippen molar-refractivity contribution in [3.05, 3.63) is 22.8 Å². The Balaban J connectivity index is 1.95. The van der Waals surface area contributed by atoms with Crippen LogP contribution in [0.25, 0.3) is 0 Å². The highest BCUT2D eigenvalue weighted by Gasteiger charge is 2.20. The van der Waals surface area contributed by atoms with Gasteiger partial charge in [-0.2, -0.15) is 0 Å². The van der Waals surface area contributed by atoms with Crippen molar-refractivity contribution >= 4 is 11.6 Å². The summed E-state index contributed by atoms with van der Waals surface area (Å²) in [6.45, 7) is 7.10. The Morgan fingerprint density at radius 3 is 2.72 bits per heavy atom. The molecule has 1 saturated carbocycles. The van der Waals surface area contributed by atoms with Crippen molar-refractivity contribution in [1.82, 2.24) is 10.3 Å². The molecule has 1 aromatic heterocycles. The average Bonchev–Trinajstić information content (AvgIpc) is 3.13. The summed E-state index contributed by atoms with van der Waals surface area (Å²) in [4.78, 5) is 4.30. The standard InChI is InChI=1S/C14H21ClN2O/c1-9(2)10(3)18-14-13(15)6-11(8-17-14)7-16-12-4-5-12/h6,8-10,12,16H,4-5,7H2,1-3H3. The summed E-state index contributed by atoms with van der Waals surface area (Å²) < 4.78 is 5.74. The second-order valence-corrected chi connectivity index (χ2v) is 5.76. The maximum atomic E-state index is 6.19. The van der Waals surface area contributed by atoms with E-state index in [1.807, 2.05) is 19.2 Å². The molecule has 1 fully saturated rings. The van der Waals surface area contributed by atoms with Crippen LogP contribution in [0.2, 0.25) is 5.02 Å². The summed E-state index contributed by atoms with van der Waals surface area (Å²) in [6.07, 6.45) is 4.53. The zero-order valence-corrected chi connectivity index (χ0v) is 12.0. The molecule has 0 aliphatic heterocycles. The first-order chi connectivity index (χ1) is 8.56. The summed E-state index contributed by atoms with van der Waals surface area (Å²) in [7, 11) is 0. The van der Waals surface area contributed by atoms with E-state index in [4.69, 9.17) is 16.3 Å². The van der Waals surface area contributed by atoms with Crippen LogP contribution in [0.4, 0.5) is 0 Å². The van der Waals surface area contributed by atoms with Gasteiger partial charge in [-0.15, -0.1) is 0 Å². The van der Waals surface area contributed by atoms with Crippen molar-refractivity contribution in [3.8, 4) is 5.88 Å². The van der Waals surface area contributed by atoms with Crippen molar-refractivity contribution in [2.45, 2.75) is 52.3 Å². The van der Waals surface area contributed by atoms with E-state index in [0.717, 1.165) is 12.1 Å². The molecular weight excluding hydrogens is 248 g/mol. The predicted molar refractivity (Wildman–Crippen MR) is 74.0 cm³/mol. The van der Waals surface area contributed by atoms with Gasteiger partial charge in [0, 0.05) is 18.8 Å². The number of pyridine rings is 1. The van der Waals surface area contributed by atoms with Gasteiger partial charge >= 0.3 is 0 Å². The number of nitrogens with zero attached hydrogens (tertiary/aromatic N) is 1. The quantitative estimate of drug-likeness (QED) is 0.859. The van der Waals surface area contributed by atoms with E-state index in [2.05, 4.69) is 24.1 Å². The third kappa shape index (κ3) is 3.85. The van der Waals surface area contributed by atoms with Crippen LogP contribution < -0.4 is 10.1 Å². The lowest BCUT2D eigenvalue weighted by molar-refractivity contribution is 0.163. The zero-order valence-electron chi connectivity index (χ0n) is 11.2. The SMILES string of the molecule is CC(C)C(C)Oc1ncc(CNC2CC2)cc1Cl. The summed E-state index contributed by atoms with van der Waals surface area (Å²) in [5.41, 5.74) is 1.11. The lowest BCUT2D eigenvalue weighted by Crippen LogP contribution is -2.20. The molecule has 3 nitrogen and oxygen atoms in total. The molecule has 1 heterocycles. The Bertz CT molecular complexity index is 405. The fourth-order valence-corrected chi connectivity index (χ4v) is 1.74. The van der Waals surface area contributed by atoms with E-state index in [1.54, 1.807) is 0 Å². The summed E-state index contributed by atoms with van der Waals surface area (Å²) in [5.74, 6) is 0.979. The largest absolute Gasteiger partial charge is 0.473 e. The van der Waals surface area contributed by atoms with E-state index in [-0.39, 0.29) is 6.10 Å². The zero-order chi connectivity index (χ0) is 13.1. The number of halogens is 1. The van der Waals surface area contributed by atoms with Gasteiger partial charge in [0.25, 0.3) is 0 Å². The van der Waals surface area contributed by atoms with E-state index >= 15 is 0 Å². The summed E-state index contributed by atoms with van der Waals surface area (Å²) in [5, 5.41) is 4.03. The average molecular weight is 269 g/mol. The summed E-state index contributed by atoms with van der Waals surface area (Å²) >= 11 is 6.19. The minimum absolute atomic E-state index is 0.116. The van der Waals surface area contributed by atoms with Crippen LogP contribution >= 0.6 is 11.6 Å². The van der Waals surface area contributed by atoms with Crippen LogP contribution in [0, 0.1) is 5.92 Å². The smallest absolute Gasteiger partial charge is 0.232 e. The van der Waals surface area contributed by atoms with Gasteiger partial charge in [-0.05, 0) is 37.3 Å². The molecule has 0 spiro atoms. The highest BCUT2D eigenvalue weighted by atomic mass is 35.5. The Morgan fingerprint density at radius 2 is 2.17 bits per heavy atom. The molecule has 2 rings (SSSR count). The number of hydrogen-bond acceptors (Lipinski definition) is 3. The third-order valence-corrected chi connectivity index (χ3v) is 3.54. The molecule has 1 unspecified atom stereocenters. The second-order valence-electron chi connectivity index (χ2n) is 5.35. The molecule has 1 N–H and O–H groups in total. The van der Waals surface area contributed by atoms with Crippen LogP contribution in [0.5, 0.6) is 5.88 Å². The molecule has 0 bridgehead atoms. The van der Waals surface area contributed by atoms with Crippen molar-refractivity contribution in [2.24, 2.45) is 5.92 Å². The van der Waals surface area contributed by atoms with Gasteiger partial charge in [0.05, 0.1) is 6.10 Å². The van der Waals surface area contributed by atoms with Crippen molar-refractivity contribution in [2.75, 3.05) is 0 Å². The molecule has 1 aliphatic carbocycles. The molecule has 18 heavy (non-hydrogen) atoms. The Kier molecular flexibility index (Phi) is 4.46. The lowest BCUT2D eigenvalue weighted by atomic mass is 10.1.